The molecule has 0 bridgehead atoms. The third kappa shape index (κ3) is 5.18. The van der Waals surface area contributed by atoms with Gasteiger partial charge in [0, 0.05) is 29.7 Å². The van der Waals surface area contributed by atoms with Gasteiger partial charge in [-0.2, -0.15) is 13.2 Å². The molecule has 0 fully saturated rings. The van der Waals surface area contributed by atoms with Crippen molar-refractivity contribution < 1.29 is 22.9 Å². The van der Waals surface area contributed by atoms with Gasteiger partial charge in [0.25, 0.3) is 5.69 Å². The van der Waals surface area contributed by atoms with E-state index in [1.165, 1.54) is 0 Å². The van der Waals surface area contributed by atoms with Crippen molar-refractivity contribution in [2.45, 2.75) is 12.6 Å². The summed E-state index contributed by atoms with van der Waals surface area (Å²) in [6.07, 6.45) is -5.50. The predicted molar refractivity (Wildman–Crippen MR) is 84.9 cm³/mol. The molecule has 4 nitrogen and oxygen atoms in total. The van der Waals surface area contributed by atoms with Crippen LogP contribution in [0.4, 0.5) is 18.9 Å². The lowest BCUT2D eigenvalue weighted by Crippen LogP contribution is -2.24. The number of Topliss-reactive ketones (excluding diaryl/α,β-unsaturated/α-hetero) is 1. The molecular formula is C18H12F3NO3. The van der Waals surface area contributed by atoms with Crippen LogP contribution < -0.4 is 0 Å². The van der Waals surface area contributed by atoms with E-state index in [0.717, 1.165) is 24.3 Å². The SMILES string of the molecule is O=C(C[C@@H](C#Cc1ccccc1)C(F)(F)F)c1ccc([N+](=O)[O-])cc1. The van der Waals surface area contributed by atoms with E-state index < -0.39 is 29.2 Å². The fourth-order valence-electron chi connectivity index (χ4n) is 2.01. The maximum atomic E-state index is 13.1. The molecule has 0 N–H and O–H groups in total. The van der Waals surface area contributed by atoms with Gasteiger partial charge < -0.3 is 0 Å². The van der Waals surface area contributed by atoms with E-state index in [0.29, 0.717) is 5.56 Å². The van der Waals surface area contributed by atoms with Crippen molar-refractivity contribution in [3.05, 3.63) is 75.8 Å². The van der Waals surface area contributed by atoms with E-state index in [1.807, 2.05) is 0 Å². The molecule has 0 heterocycles. The van der Waals surface area contributed by atoms with Gasteiger partial charge in [-0.3, -0.25) is 14.9 Å². The van der Waals surface area contributed by atoms with E-state index in [2.05, 4.69) is 11.8 Å². The Bertz CT molecular complexity index is 819. The molecule has 0 aliphatic rings. The Morgan fingerprint density at radius 2 is 1.68 bits per heavy atom. The van der Waals surface area contributed by atoms with Crippen LogP contribution in [-0.2, 0) is 0 Å². The number of hydrogen-bond acceptors (Lipinski definition) is 3. The Hall–Kier alpha value is -3.14. The second-order valence-corrected chi connectivity index (χ2v) is 5.16. The summed E-state index contributed by atoms with van der Waals surface area (Å²) in [5.41, 5.74) is 0.147. The van der Waals surface area contributed by atoms with Crippen LogP contribution in [0, 0.1) is 27.9 Å². The van der Waals surface area contributed by atoms with Crippen molar-refractivity contribution in [3.8, 4) is 11.8 Å². The monoisotopic (exact) mass is 347 g/mol. The Morgan fingerprint density at radius 1 is 1.08 bits per heavy atom. The van der Waals surface area contributed by atoms with Gasteiger partial charge in [-0.15, -0.1) is 0 Å². The summed E-state index contributed by atoms with van der Waals surface area (Å²) >= 11 is 0. The molecule has 0 amide bonds. The number of nitrogens with zero attached hydrogens (tertiary/aromatic N) is 1. The molecule has 0 aliphatic carbocycles. The van der Waals surface area contributed by atoms with Crippen LogP contribution in [0.2, 0.25) is 0 Å². The molecule has 2 aromatic rings. The number of halogens is 3. The van der Waals surface area contributed by atoms with Crippen molar-refractivity contribution >= 4 is 11.5 Å². The average molecular weight is 347 g/mol. The molecule has 7 heteroatoms. The molecule has 0 aliphatic heterocycles. The highest BCUT2D eigenvalue weighted by molar-refractivity contribution is 5.96. The van der Waals surface area contributed by atoms with E-state index in [1.54, 1.807) is 30.3 Å². The van der Waals surface area contributed by atoms with Crippen LogP contribution in [-0.4, -0.2) is 16.9 Å². The normalized spacial score (nSPS) is 12.0. The Labute approximate surface area is 141 Å². The number of benzene rings is 2. The molecule has 128 valence electrons. The summed E-state index contributed by atoms with van der Waals surface area (Å²) in [6, 6.07) is 12.6. The molecule has 0 aromatic heterocycles. The third-order valence-corrected chi connectivity index (χ3v) is 3.35. The molecule has 2 aromatic carbocycles. The van der Waals surface area contributed by atoms with Crippen molar-refractivity contribution in [1.29, 1.82) is 0 Å². The molecule has 1 atom stereocenters. The summed E-state index contributed by atoms with van der Waals surface area (Å²) in [4.78, 5) is 22.0. The van der Waals surface area contributed by atoms with Crippen LogP contribution in [0.5, 0.6) is 0 Å². The van der Waals surface area contributed by atoms with Crippen molar-refractivity contribution in [2.24, 2.45) is 5.92 Å². The van der Waals surface area contributed by atoms with E-state index in [9.17, 15) is 28.1 Å². The van der Waals surface area contributed by atoms with Gasteiger partial charge in [-0.25, -0.2) is 0 Å². The average Bonchev–Trinajstić information content (AvgIpc) is 2.58. The number of nitro groups is 1. The minimum atomic E-state index is -4.65. The van der Waals surface area contributed by atoms with Crippen LogP contribution in [0.3, 0.4) is 0 Å². The lowest BCUT2D eigenvalue weighted by molar-refractivity contribution is -0.384. The fourth-order valence-corrected chi connectivity index (χ4v) is 2.01. The van der Waals surface area contributed by atoms with Gasteiger partial charge in [0.15, 0.2) is 5.78 Å². The van der Waals surface area contributed by atoms with Gasteiger partial charge >= 0.3 is 6.18 Å². The topological polar surface area (TPSA) is 60.2 Å². The summed E-state index contributed by atoms with van der Waals surface area (Å²) in [5, 5.41) is 10.6. The number of carbonyl (C=O) groups excluding carboxylic acids is 1. The molecule has 2 rings (SSSR count). The molecule has 0 saturated heterocycles. The second kappa shape index (κ2) is 7.62. The highest BCUT2D eigenvalue weighted by Crippen LogP contribution is 2.29. The number of alkyl halides is 3. The zero-order chi connectivity index (χ0) is 18.4. The first-order valence-electron chi connectivity index (χ1n) is 7.18. The van der Waals surface area contributed by atoms with Crippen LogP contribution in [0.1, 0.15) is 22.3 Å². The number of non-ortho nitro benzene ring substituents is 1. The molecule has 0 spiro atoms. The minimum Gasteiger partial charge on any atom is -0.294 e. The van der Waals surface area contributed by atoms with Crippen molar-refractivity contribution in [1.82, 2.24) is 0 Å². The third-order valence-electron chi connectivity index (χ3n) is 3.35. The van der Waals surface area contributed by atoms with Gasteiger partial charge in [0.2, 0.25) is 0 Å². The van der Waals surface area contributed by atoms with E-state index >= 15 is 0 Å². The first-order chi connectivity index (χ1) is 11.8. The largest absolute Gasteiger partial charge is 0.402 e. The second-order valence-electron chi connectivity index (χ2n) is 5.16. The van der Waals surface area contributed by atoms with Gasteiger partial charge in [0.1, 0.15) is 5.92 Å². The zero-order valence-corrected chi connectivity index (χ0v) is 12.8. The van der Waals surface area contributed by atoms with Crippen molar-refractivity contribution in [3.63, 3.8) is 0 Å². The smallest absolute Gasteiger partial charge is 0.294 e. The Morgan fingerprint density at radius 3 is 2.20 bits per heavy atom. The Balaban J connectivity index is 2.18. The van der Waals surface area contributed by atoms with Gasteiger partial charge in [-0.05, 0) is 24.3 Å². The first-order valence-corrected chi connectivity index (χ1v) is 7.18. The molecule has 0 radical (unpaired) electrons. The van der Waals surface area contributed by atoms with Crippen LogP contribution >= 0.6 is 0 Å². The standard InChI is InChI=1S/C18H12F3NO3/c19-18(20,21)15(9-6-13-4-2-1-3-5-13)12-17(23)14-7-10-16(11-8-14)22(24)25/h1-5,7-8,10-11,15H,12H2/t15-/m1/s1. The lowest BCUT2D eigenvalue weighted by atomic mass is 9.97. The molecular weight excluding hydrogens is 335 g/mol. The molecule has 25 heavy (non-hydrogen) atoms. The zero-order valence-electron chi connectivity index (χ0n) is 12.8. The predicted octanol–water partition coefficient (Wildman–Crippen LogP) is 4.40. The van der Waals surface area contributed by atoms with E-state index in [-0.39, 0.29) is 11.3 Å². The summed E-state index contributed by atoms with van der Waals surface area (Å²) in [6.45, 7) is 0. The first kappa shape index (κ1) is 18.2. The number of nitro benzene ring substituents is 1. The highest BCUT2D eigenvalue weighted by Gasteiger charge is 2.40. The minimum absolute atomic E-state index is 0.0265. The number of rotatable bonds is 4. The number of carbonyl (C=O) groups is 1. The van der Waals surface area contributed by atoms with Crippen LogP contribution in [0.15, 0.2) is 54.6 Å². The van der Waals surface area contributed by atoms with Crippen LogP contribution in [0.25, 0.3) is 0 Å². The molecule has 0 unspecified atom stereocenters. The number of ketones is 1. The maximum absolute atomic E-state index is 13.1. The summed E-state index contributed by atoms with van der Waals surface area (Å²) < 4.78 is 39.4. The maximum Gasteiger partial charge on any atom is 0.402 e. The van der Waals surface area contributed by atoms with E-state index in [4.69, 9.17) is 0 Å². The summed E-state index contributed by atoms with van der Waals surface area (Å²) in [5.74, 6) is 1.63. The van der Waals surface area contributed by atoms with Gasteiger partial charge in [-0.1, -0.05) is 30.0 Å². The highest BCUT2D eigenvalue weighted by atomic mass is 19.4. The molecule has 0 saturated carbocycles. The number of hydrogen-bond donors (Lipinski definition) is 0. The van der Waals surface area contributed by atoms with Gasteiger partial charge in [0.05, 0.1) is 4.92 Å². The fraction of sp³-hybridized carbons (Fsp3) is 0.167. The summed E-state index contributed by atoms with van der Waals surface area (Å²) in [7, 11) is 0. The van der Waals surface area contributed by atoms with Crippen molar-refractivity contribution in [2.75, 3.05) is 0 Å². The lowest BCUT2D eigenvalue weighted by Gasteiger charge is -2.14. The Kier molecular flexibility index (Phi) is 5.55. The quantitative estimate of drug-likeness (QED) is 0.356.